The number of methoxy groups -OCH3 is 2. The lowest BCUT2D eigenvalue weighted by Crippen LogP contribution is -2.60. The summed E-state index contributed by atoms with van der Waals surface area (Å²) in [6.45, 7) is 33.8. The maximum Gasteiger partial charge on any atom is 0.305 e. The van der Waals surface area contributed by atoms with E-state index in [4.69, 9.17) is 67.1 Å². The Morgan fingerprint density at radius 2 is 0.451 bits per heavy atom. The molecular formula is C124H162N2O18. The third kappa shape index (κ3) is 41.6. The van der Waals surface area contributed by atoms with Crippen molar-refractivity contribution in [1.82, 2.24) is 9.80 Å². The molecule has 4 saturated heterocycles. The van der Waals surface area contributed by atoms with Gasteiger partial charge in [0.2, 0.25) is 11.8 Å². The van der Waals surface area contributed by atoms with Crippen molar-refractivity contribution in [2.24, 2.45) is 11.8 Å². The Balaban J connectivity index is 0.000000330. The molecule has 2 amide bonds. The van der Waals surface area contributed by atoms with E-state index in [1.165, 1.54) is 14.2 Å². The van der Waals surface area contributed by atoms with Crippen LogP contribution in [-0.4, -0.2) is 146 Å². The van der Waals surface area contributed by atoms with Crippen LogP contribution in [0.15, 0.2) is 364 Å². The molecule has 144 heavy (non-hydrogen) atoms. The molecule has 16 rings (SSSR count). The molecule has 14 atom stereocenters. The topological polar surface area (TPSA) is 226 Å². The summed E-state index contributed by atoms with van der Waals surface area (Å²) in [7, 11) is 4.75. The summed E-state index contributed by atoms with van der Waals surface area (Å²) in [6, 6.07) is 122. The van der Waals surface area contributed by atoms with Crippen LogP contribution in [0.25, 0.3) is 0 Å². The van der Waals surface area contributed by atoms with E-state index >= 15 is 0 Å². The highest BCUT2D eigenvalue weighted by Crippen LogP contribution is 2.46. The maximum atomic E-state index is 12.6. The molecule has 0 bridgehead atoms. The number of hydrogen-bond acceptors (Lipinski definition) is 18. The van der Waals surface area contributed by atoms with E-state index in [0.29, 0.717) is 92.0 Å². The van der Waals surface area contributed by atoms with Gasteiger partial charge in [0.15, 0.2) is 0 Å². The number of β-lactam (4-membered cyclic amide) rings is 2. The molecule has 4 heterocycles. The summed E-state index contributed by atoms with van der Waals surface area (Å²) < 4.78 is 74.4. The number of amides is 2. The molecule has 776 valence electrons. The van der Waals surface area contributed by atoms with Crippen molar-refractivity contribution in [3.05, 3.63) is 431 Å². The molecule has 4 fully saturated rings. The molecule has 2 unspecified atom stereocenters. The summed E-state index contributed by atoms with van der Waals surface area (Å²) in [4.78, 5) is 51.9. The second-order valence-corrected chi connectivity index (χ2v) is 32.4. The van der Waals surface area contributed by atoms with Gasteiger partial charge in [0.25, 0.3) is 0 Å². The number of nitrogens with zero attached hydrogens (tertiary/aromatic N) is 2. The maximum absolute atomic E-state index is 12.6. The van der Waals surface area contributed by atoms with Gasteiger partial charge in [-0.2, -0.15) is 0 Å². The van der Waals surface area contributed by atoms with Crippen molar-refractivity contribution in [2.75, 3.05) is 41.7 Å². The summed E-state index contributed by atoms with van der Waals surface area (Å²) in [6.07, 6.45) is -1.63. The fraction of sp³-hybridized carbons (Fsp3) is 0.387. The van der Waals surface area contributed by atoms with Crippen molar-refractivity contribution >= 4 is 23.8 Å². The van der Waals surface area contributed by atoms with E-state index < -0.39 is 12.2 Å². The molecule has 12 aromatic carbocycles. The predicted molar refractivity (Wildman–Crippen MR) is 577 cm³/mol. The molecule has 0 radical (unpaired) electrons. The third-order valence-corrected chi connectivity index (χ3v) is 23.3. The van der Waals surface area contributed by atoms with Crippen LogP contribution in [0.2, 0.25) is 0 Å². The molecule has 20 nitrogen and oxygen atoms in total. The molecule has 0 aromatic heterocycles. The first kappa shape index (κ1) is 123. The summed E-state index contributed by atoms with van der Waals surface area (Å²) >= 11 is 0. The average Bonchev–Trinajstić information content (AvgIpc) is 0.755. The predicted octanol–water partition coefficient (Wildman–Crippen LogP) is 25.5. The molecule has 0 saturated carbocycles. The first-order valence-electron chi connectivity index (χ1n) is 51.2. The fourth-order valence-corrected chi connectivity index (χ4v) is 16.6. The van der Waals surface area contributed by atoms with E-state index in [-0.39, 0.29) is 109 Å². The van der Waals surface area contributed by atoms with Gasteiger partial charge in [-0.3, -0.25) is 19.2 Å². The molecule has 2 N–H and O–H groups in total. The standard InChI is InChI=1S/2C35H38O5.2C20H21NO3.6C2H6.2CH4O/c2*1-27-33(37-23-29-16-8-3-9-17-29)35(39-25-31-20-12-5-13-21-31)34(38-24-30-18-10-4-11-19-30)32(40-27)26-36-22-28-14-6-2-7-15-28;2*1-24-18(22)13-12-17-19(16-10-6-3-7-11-16)21(20(17)23)14-15-8-4-2-5-9-15;8*1-2/h2*2-21,27,32-35H,22-26H2,1H3;2*2-11,17,19H,12-14H2,1H3;6*1-2H3;2*2H,1H3/t27?,32-,33+,34-,35-;27-,32+,33-,34+,35+;17-,19?;17-,19-;;;;;;;;/m1011......../s1. The van der Waals surface area contributed by atoms with Gasteiger partial charge in [0.1, 0.15) is 48.8 Å². The Kier molecular flexibility index (Phi) is 63.7. The molecule has 4 aliphatic heterocycles. The number of hydrogen-bond donors (Lipinski definition) is 2. The van der Waals surface area contributed by atoms with E-state index in [1.54, 1.807) is 0 Å². The monoisotopic (exact) mass is 1970 g/mol. The minimum atomic E-state index is -0.392. The SMILES string of the molecule is CC.CC.CC.CC.CC.CC.CC1O[C@H](COCc2ccccc2)[C@@H](OCc2ccccc2)[C@H](OCc2ccccc2)[C@H]1OCc1ccccc1.CO.CO.COC(=O)CC[C@H]1C(=O)N(Cc2ccccc2)C1c1ccccc1.COC(=O)CC[C@H]1C(=O)N(Cc2ccccc2)[C@@H]1c1ccccc1.C[C@@H]1O[C@H](COCc2ccccc2)[C@@H](OCc2ccccc2)[C@H](OCc2ccccc2)[C@H]1OCc1ccccc1. The van der Waals surface area contributed by atoms with Gasteiger partial charge < -0.3 is 76.9 Å². The van der Waals surface area contributed by atoms with Crippen molar-refractivity contribution in [3.63, 3.8) is 0 Å². The van der Waals surface area contributed by atoms with Crippen LogP contribution in [0.3, 0.4) is 0 Å². The minimum absolute atomic E-state index is 0.0172. The fourth-order valence-electron chi connectivity index (χ4n) is 16.6. The molecule has 4 aliphatic rings. The number of carbonyl (C=O) groups is 4. The summed E-state index contributed by atoms with van der Waals surface area (Å²) in [5, 5.41) is 14.0. The van der Waals surface area contributed by atoms with E-state index in [2.05, 4.69) is 97.1 Å². The Morgan fingerprint density at radius 3 is 0.667 bits per heavy atom. The Morgan fingerprint density at radius 1 is 0.264 bits per heavy atom. The van der Waals surface area contributed by atoms with E-state index in [9.17, 15) is 19.2 Å². The molecular weight excluding hydrogens is 1810 g/mol. The van der Waals surface area contributed by atoms with Gasteiger partial charge in [0.05, 0.1) is 116 Å². The zero-order chi connectivity index (χ0) is 105. The number of ether oxygens (including phenoxy) is 12. The van der Waals surface area contributed by atoms with Crippen LogP contribution in [-0.2, 0) is 142 Å². The molecule has 12 aromatic rings. The van der Waals surface area contributed by atoms with Crippen LogP contribution in [0, 0.1) is 11.8 Å². The third-order valence-electron chi connectivity index (χ3n) is 23.3. The smallest absolute Gasteiger partial charge is 0.305 e. The lowest BCUT2D eigenvalue weighted by Gasteiger charge is -2.47. The second-order valence-electron chi connectivity index (χ2n) is 32.4. The number of carbonyl (C=O) groups excluding carboxylic acids is 4. The number of esters is 2. The lowest BCUT2D eigenvalue weighted by atomic mass is 9.79. The van der Waals surface area contributed by atoms with E-state index in [1.807, 2.05) is 374 Å². The Bertz CT molecular complexity index is 4830. The second kappa shape index (κ2) is 74.9. The van der Waals surface area contributed by atoms with Gasteiger partial charge in [-0.25, -0.2) is 0 Å². The van der Waals surface area contributed by atoms with Crippen molar-refractivity contribution < 1.29 is 86.2 Å². The van der Waals surface area contributed by atoms with Crippen molar-refractivity contribution in [3.8, 4) is 0 Å². The van der Waals surface area contributed by atoms with Gasteiger partial charge in [-0.05, 0) is 93.5 Å². The Labute approximate surface area is 860 Å². The number of rotatable bonds is 38. The normalized spacial score (nSPS) is 19.5. The molecule has 0 spiro atoms. The lowest BCUT2D eigenvalue weighted by molar-refractivity contribution is -0.269. The minimum Gasteiger partial charge on any atom is -0.469 e. The van der Waals surface area contributed by atoms with Gasteiger partial charge in [-0.15, -0.1) is 0 Å². The quantitative estimate of drug-likeness (QED) is 0.0271. The van der Waals surface area contributed by atoms with Crippen LogP contribution < -0.4 is 0 Å². The van der Waals surface area contributed by atoms with Crippen LogP contribution in [0.5, 0.6) is 0 Å². The highest BCUT2D eigenvalue weighted by Gasteiger charge is 2.51. The summed E-state index contributed by atoms with van der Waals surface area (Å²) in [5.41, 5.74) is 13.3. The first-order valence-corrected chi connectivity index (χ1v) is 51.2. The Hall–Kier alpha value is -12.0. The van der Waals surface area contributed by atoms with Gasteiger partial charge in [0, 0.05) is 40.2 Å². The van der Waals surface area contributed by atoms with Crippen LogP contribution in [0.1, 0.15) is 201 Å². The highest BCUT2D eigenvalue weighted by atomic mass is 16.6. The van der Waals surface area contributed by atoms with Crippen molar-refractivity contribution in [1.29, 1.82) is 0 Å². The highest BCUT2D eigenvalue weighted by molar-refractivity contribution is 5.88. The van der Waals surface area contributed by atoms with Crippen molar-refractivity contribution in [2.45, 2.75) is 262 Å². The summed E-state index contributed by atoms with van der Waals surface area (Å²) in [5.74, 6) is -0.633. The molecule has 20 heteroatoms. The van der Waals surface area contributed by atoms with E-state index in [0.717, 1.165) is 81.0 Å². The largest absolute Gasteiger partial charge is 0.469 e. The number of likely N-dealkylation sites (tertiary alicyclic amines) is 2. The van der Waals surface area contributed by atoms with Crippen LogP contribution in [0.4, 0.5) is 0 Å². The zero-order valence-electron chi connectivity index (χ0n) is 88.4. The van der Waals surface area contributed by atoms with Gasteiger partial charge in [-0.1, -0.05) is 447 Å². The first-order chi connectivity index (χ1) is 70.9. The van der Waals surface area contributed by atoms with Gasteiger partial charge >= 0.3 is 11.9 Å². The number of aliphatic hydroxyl groups is 2. The van der Waals surface area contributed by atoms with Crippen LogP contribution >= 0.6 is 0 Å². The number of benzene rings is 12. The number of aliphatic hydroxyl groups excluding tert-OH is 2. The molecule has 0 aliphatic carbocycles. The zero-order valence-corrected chi connectivity index (χ0v) is 88.4. The average molecular weight is 1970 g/mol.